The topological polar surface area (TPSA) is 71.1 Å². The minimum atomic E-state index is -0.111. The fourth-order valence-corrected chi connectivity index (χ4v) is 4.98. The summed E-state index contributed by atoms with van der Waals surface area (Å²) in [6.07, 6.45) is 9.99. The number of hydrogen-bond acceptors (Lipinski definition) is 5. The Morgan fingerprint density at radius 2 is 1.57 bits per heavy atom. The molecule has 0 bridgehead atoms. The molecule has 0 unspecified atom stereocenters. The fraction of sp³-hybridized carbons (Fsp3) is 0.429. The van der Waals surface area contributed by atoms with Crippen molar-refractivity contribution in [2.24, 2.45) is 5.92 Å². The van der Waals surface area contributed by atoms with Crippen molar-refractivity contribution >= 4 is 29.3 Å². The van der Waals surface area contributed by atoms with Crippen molar-refractivity contribution in [3.63, 3.8) is 0 Å². The third kappa shape index (κ3) is 5.78. The Balaban J connectivity index is 1.09. The summed E-state index contributed by atoms with van der Waals surface area (Å²) in [4.78, 5) is 29.7. The Morgan fingerprint density at radius 1 is 0.857 bits per heavy atom. The number of anilines is 2. The Labute approximate surface area is 206 Å². The fourth-order valence-electron chi connectivity index (χ4n) is 4.98. The molecule has 5 rings (SSSR count). The number of hydrogen-bond donors (Lipinski definition) is 1. The Kier molecular flexibility index (Phi) is 7.21. The van der Waals surface area contributed by atoms with Crippen LogP contribution in [0.1, 0.15) is 44.1 Å². The molecule has 2 aromatic carbocycles. The number of rotatable bonds is 5. The molecule has 0 aromatic heterocycles. The Morgan fingerprint density at radius 3 is 2.31 bits per heavy atom. The van der Waals surface area contributed by atoms with Crippen LogP contribution < -0.4 is 19.7 Å². The van der Waals surface area contributed by atoms with E-state index in [0.717, 1.165) is 18.7 Å². The van der Waals surface area contributed by atoms with Gasteiger partial charge in [0.1, 0.15) is 0 Å². The van der Waals surface area contributed by atoms with E-state index in [1.807, 2.05) is 17.0 Å². The van der Waals surface area contributed by atoms with E-state index in [0.29, 0.717) is 43.1 Å². The summed E-state index contributed by atoms with van der Waals surface area (Å²) >= 11 is 0. The van der Waals surface area contributed by atoms with Gasteiger partial charge in [0.2, 0.25) is 18.6 Å². The maximum Gasteiger partial charge on any atom is 0.246 e. The van der Waals surface area contributed by atoms with Gasteiger partial charge in [0.15, 0.2) is 11.5 Å². The molecule has 2 aromatic rings. The molecule has 0 spiro atoms. The number of carbonyl (C=O) groups is 2. The molecule has 2 fully saturated rings. The minimum absolute atomic E-state index is 0.00350. The molecular weight excluding hydrogens is 442 g/mol. The molecule has 2 amide bonds. The second kappa shape index (κ2) is 10.8. The van der Waals surface area contributed by atoms with Crippen LogP contribution in [0, 0.1) is 5.92 Å². The van der Waals surface area contributed by atoms with E-state index in [4.69, 9.17) is 9.47 Å². The quantitative estimate of drug-likeness (QED) is 0.636. The van der Waals surface area contributed by atoms with Gasteiger partial charge in [0.25, 0.3) is 0 Å². The summed E-state index contributed by atoms with van der Waals surface area (Å²) in [5.74, 6) is 1.20. The molecule has 3 aliphatic heterocycles. The van der Waals surface area contributed by atoms with Crippen LogP contribution >= 0.6 is 0 Å². The zero-order valence-electron chi connectivity index (χ0n) is 20.1. The maximum atomic E-state index is 12.7. The van der Waals surface area contributed by atoms with Crippen molar-refractivity contribution < 1.29 is 19.1 Å². The van der Waals surface area contributed by atoms with Crippen LogP contribution in [-0.4, -0.2) is 49.7 Å². The van der Waals surface area contributed by atoms with E-state index in [9.17, 15) is 9.59 Å². The predicted octanol–water partition coefficient (Wildman–Crippen LogP) is 4.69. The molecule has 3 heterocycles. The number of benzene rings is 2. The van der Waals surface area contributed by atoms with E-state index in [1.54, 1.807) is 18.2 Å². The molecule has 7 heteroatoms. The Bertz CT molecular complexity index is 1070. The lowest BCUT2D eigenvalue weighted by Crippen LogP contribution is -2.40. The van der Waals surface area contributed by atoms with Crippen LogP contribution in [0.5, 0.6) is 11.5 Å². The highest BCUT2D eigenvalue weighted by Crippen LogP contribution is 2.34. The number of likely N-dealkylation sites (tertiary alicyclic amines) is 1. The van der Waals surface area contributed by atoms with Gasteiger partial charge in [-0.3, -0.25) is 9.59 Å². The number of piperidine rings is 1. The summed E-state index contributed by atoms with van der Waals surface area (Å²) in [6.45, 7) is 3.61. The van der Waals surface area contributed by atoms with E-state index < -0.39 is 0 Å². The highest BCUT2D eigenvalue weighted by Gasteiger charge is 2.27. The lowest BCUT2D eigenvalue weighted by atomic mass is 9.95. The number of nitrogens with zero attached hydrogens (tertiary/aromatic N) is 2. The SMILES string of the molecule is O=C(Nc1ccc2c(c1)OCO2)C1CCN(C(=O)/C=C/c2ccc(N3CCCCCC3)cc2)CC1. The average molecular weight is 476 g/mol. The normalized spacial score (nSPS) is 18.5. The van der Waals surface area contributed by atoms with Crippen LogP contribution in [0.4, 0.5) is 11.4 Å². The van der Waals surface area contributed by atoms with Crippen molar-refractivity contribution in [1.82, 2.24) is 4.90 Å². The first kappa shape index (κ1) is 23.3. The first-order chi connectivity index (χ1) is 17.2. The van der Waals surface area contributed by atoms with Gasteiger partial charge >= 0.3 is 0 Å². The summed E-state index contributed by atoms with van der Waals surface area (Å²) in [5, 5.41) is 2.97. The zero-order chi connectivity index (χ0) is 24.0. The standard InChI is InChI=1S/C28H33N3O4/c32-27(12-7-21-5-9-24(10-6-21)30-15-3-1-2-4-16-30)31-17-13-22(14-18-31)28(33)29-23-8-11-25-26(19-23)35-20-34-25/h5-12,19,22H,1-4,13-18,20H2,(H,29,33)/b12-7+. The van der Waals surface area contributed by atoms with E-state index in [2.05, 4.69) is 34.5 Å². The maximum absolute atomic E-state index is 12.7. The molecule has 35 heavy (non-hydrogen) atoms. The summed E-state index contributed by atoms with van der Waals surface area (Å²) in [7, 11) is 0. The van der Waals surface area contributed by atoms with Crippen molar-refractivity contribution in [2.45, 2.75) is 38.5 Å². The van der Waals surface area contributed by atoms with Crippen molar-refractivity contribution in [1.29, 1.82) is 0 Å². The lowest BCUT2D eigenvalue weighted by Gasteiger charge is -2.30. The first-order valence-corrected chi connectivity index (χ1v) is 12.7. The van der Waals surface area contributed by atoms with Crippen LogP contribution in [-0.2, 0) is 9.59 Å². The second-order valence-corrected chi connectivity index (χ2v) is 9.48. The predicted molar refractivity (Wildman–Crippen MR) is 137 cm³/mol. The van der Waals surface area contributed by atoms with Gasteiger partial charge in [-0.2, -0.15) is 0 Å². The zero-order valence-corrected chi connectivity index (χ0v) is 20.1. The van der Waals surface area contributed by atoms with Gasteiger partial charge in [0, 0.05) is 55.6 Å². The van der Waals surface area contributed by atoms with Crippen LogP contribution in [0.3, 0.4) is 0 Å². The number of amides is 2. The van der Waals surface area contributed by atoms with Crippen LogP contribution in [0.2, 0.25) is 0 Å². The van der Waals surface area contributed by atoms with Gasteiger partial charge in [-0.1, -0.05) is 25.0 Å². The third-order valence-corrected chi connectivity index (χ3v) is 7.10. The van der Waals surface area contributed by atoms with E-state index in [1.165, 1.54) is 31.4 Å². The molecule has 3 aliphatic rings. The number of carbonyl (C=O) groups excluding carboxylic acids is 2. The molecular formula is C28H33N3O4. The van der Waals surface area contributed by atoms with Crippen LogP contribution in [0.25, 0.3) is 6.08 Å². The molecule has 0 radical (unpaired) electrons. The third-order valence-electron chi connectivity index (χ3n) is 7.10. The summed E-state index contributed by atoms with van der Waals surface area (Å²) in [6, 6.07) is 13.9. The number of ether oxygens (including phenoxy) is 2. The van der Waals surface area contributed by atoms with Gasteiger partial charge < -0.3 is 24.6 Å². The van der Waals surface area contributed by atoms with Crippen LogP contribution in [0.15, 0.2) is 48.5 Å². The molecule has 0 aliphatic carbocycles. The van der Waals surface area contributed by atoms with Crippen molar-refractivity contribution in [3.05, 3.63) is 54.1 Å². The van der Waals surface area contributed by atoms with Crippen molar-refractivity contribution in [2.75, 3.05) is 43.2 Å². The van der Waals surface area contributed by atoms with Gasteiger partial charge in [-0.05, 0) is 61.6 Å². The van der Waals surface area contributed by atoms with Crippen molar-refractivity contribution in [3.8, 4) is 11.5 Å². The number of fused-ring (bicyclic) bond motifs is 1. The van der Waals surface area contributed by atoms with E-state index >= 15 is 0 Å². The minimum Gasteiger partial charge on any atom is -0.454 e. The summed E-state index contributed by atoms with van der Waals surface area (Å²) < 4.78 is 10.7. The number of nitrogens with one attached hydrogen (secondary N) is 1. The second-order valence-electron chi connectivity index (χ2n) is 9.48. The lowest BCUT2D eigenvalue weighted by molar-refractivity contribution is -0.130. The molecule has 0 saturated carbocycles. The smallest absolute Gasteiger partial charge is 0.246 e. The highest BCUT2D eigenvalue weighted by molar-refractivity contribution is 5.94. The van der Waals surface area contributed by atoms with Gasteiger partial charge in [-0.25, -0.2) is 0 Å². The highest BCUT2D eigenvalue weighted by atomic mass is 16.7. The van der Waals surface area contributed by atoms with Gasteiger partial charge in [-0.15, -0.1) is 0 Å². The van der Waals surface area contributed by atoms with E-state index in [-0.39, 0.29) is 24.5 Å². The molecule has 7 nitrogen and oxygen atoms in total. The molecule has 2 saturated heterocycles. The molecule has 1 N–H and O–H groups in total. The average Bonchev–Trinajstić information content (AvgIpc) is 3.19. The first-order valence-electron chi connectivity index (χ1n) is 12.7. The molecule has 0 atom stereocenters. The summed E-state index contributed by atoms with van der Waals surface area (Å²) in [5.41, 5.74) is 2.98. The Hall–Kier alpha value is -3.48. The van der Waals surface area contributed by atoms with Gasteiger partial charge in [0.05, 0.1) is 0 Å². The largest absolute Gasteiger partial charge is 0.454 e. The monoisotopic (exact) mass is 475 g/mol. The molecule has 184 valence electrons.